The molecule has 2 nitrogen and oxygen atoms in total. The third-order valence-electron chi connectivity index (χ3n) is 3.63. The summed E-state index contributed by atoms with van der Waals surface area (Å²) in [6, 6.07) is 2.91. The number of anilines is 1. The first-order chi connectivity index (χ1) is 8.37. The van der Waals surface area contributed by atoms with E-state index < -0.39 is 0 Å². The van der Waals surface area contributed by atoms with Gasteiger partial charge in [0.05, 0.1) is 16.3 Å². The first kappa shape index (κ1) is 13.7. The molecule has 0 spiro atoms. The third-order valence-corrected chi connectivity index (χ3v) is 4.24. The van der Waals surface area contributed by atoms with Crippen LogP contribution in [-0.2, 0) is 0 Å². The maximum atomic E-state index is 13.3. The Kier molecular flexibility index (Phi) is 3.85. The number of hydrogen-bond donors (Lipinski definition) is 1. The molecule has 2 rings (SSSR count). The van der Waals surface area contributed by atoms with E-state index >= 15 is 0 Å². The van der Waals surface area contributed by atoms with Gasteiger partial charge in [-0.3, -0.25) is 0 Å². The number of rotatable bonds is 2. The van der Waals surface area contributed by atoms with Crippen molar-refractivity contribution in [3.8, 4) is 5.75 Å². The zero-order chi connectivity index (χ0) is 13.3. The molecule has 0 radical (unpaired) electrons. The van der Waals surface area contributed by atoms with Crippen LogP contribution in [0.3, 0.4) is 0 Å². The summed E-state index contributed by atoms with van der Waals surface area (Å²) in [6.07, 6.45) is 4.56. The number of halogens is 2. The van der Waals surface area contributed by atoms with E-state index in [-0.39, 0.29) is 11.9 Å². The molecule has 1 saturated carbocycles. The first-order valence-corrected chi connectivity index (χ1v) is 7.08. The van der Waals surface area contributed by atoms with Gasteiger partial charge in [0.2, 0.25) is 0 Å². The Bertz CT molecular complexity index is 438. The van der Waals surface area contributed by atoms with E-state index in [0.717, 1.165) is 25.7 Å². The minimum absolute atomic E-state index is 0.192. The molecule has 1 aliphatic carbocycles. The average molecular weight is 316 g/mol. The summed E-state index contributed by atoms with van der Waals surface area (Å²) in [5, 5.41) is 0. The lowest BCUT2D eigenvalue weighted by atomic mass is 9.76. The monoisotopic (exact) mass is 315 g/mol. The molecule has 1 aromatic rings. The van der Waals surface area contributed by atoms with Gasteiger partial charge in [0.1, 0.15) is 11.6 Å². The molecular weight excluding hydrogens is 297 g/mol. The van der Waals surface area contributed by atoms with Crippen molar-refractivity contribution < 1.29 is 9.13 Å². The molecule has 0 aromatic heterocycles. The molecule has 0 unspecified atom stereocenters. The summed E-state index contributed by atoms with van der Waals surface area (Å²) in [4.78, 5) is 0. The van der Waals surface area contributed by atoms with Crippen molar-refractivity contribution in [3.05, 3.63) is 22.4 Å². The predicted octanol–water partition coefficient (Wildman–Crippen LogP) is 4.52. The van der Waals surface area contributed by atoms with Crippen molar-refractivity contribution in [2.24, 2.45) is 5.41 Å². The topological polar surface area (TPSA) is 35.2 Å². The van der Waals surface area contributed by atoms with Gasteiger partial charge < -0.3 is 10.5 Å². The summed E-state index contributed by atoms with van der Waals surface area (Å²) >= 11 is 3.15. The number of nitrogen functional groups attached to an aromatic ring is 1. The van der Waals surface area contributed by atoms with Gasteiger partial charge in [-0.1, -0.05) is 13.8 Å². The van der Waals surface area contributed by atoms with Crippen molar-refractivity contribution in [2.75, 3.05) is 5.73 Å². The van der Waals surface area contributed by atoms with Crippen LogP contribution < -0.4 is 10.5 Å². The smallest absolute Gasteiger partial charge is 0.143 e. The molecule has 4 heteroatoms. The maximum Gasteiger partial charge on any atom is 0.143 e. The molecule has 0 saturated heterocycles. The fraction of sp³-hybridized carbons (Fsp3) is 0.571. The molecule has 0 atom stereocenters. The number of ether oxygens (including phenoxy) is 1. The largest absolute Gasteiger partial charge is 0.488 e. The predicted molar refractivity (Wildman–Crippen MR) is 75.2 cm³/mol. The van der Waals surface area contributed by atoms with Crippen molar-refractivity contribution in [1.82, 2.24) is 0 Å². The van der Waals surface area contributed by atoms with Gasteiger partial charge in [0, 0.05) is 6.07 Å². The van der Waals surface area contributed by atoms with E-state index in [1.54, 1.807) is 6.07 Å². The molecule has 100 valence electrons. The van der Waals surface area contributed by atoms with Gasteiger partial charge in [-0.05, 0) is 53.1 Å². The molecule has 0 heterocycles. The zero-order valence-electron chi connectivity index (χ0n) is 10.8. The second kappa shape index (κ2) is 5.08. The van der Waals surface area contributed by atoms with Gasteiger partial charge in [-0.25, -0.2) is 4.39 Å². The van der Waals surface area contributed by atoms with Crippen molar-refractivity contribution in [1.29, 1.82) is 0 Å². The highest BCUT2D eigenvalue weighted by molar-refractivity contribution is 9.10. The first-order valence-electron chi connectivity index (χ1n) is 6.28. The molecule has 1 fully saturated rings. The molecule has 2 N–H and O–H groups in total. The highest BCUT2D eigenvalue weighted by Gasteiger charge is 2.28. The van der Waals surface area contributed by atoms with Crippen molar-refractivity contribution in [2.45, 2.75) is 45.6 Å². The maximum absolute atomic E-state index is 13.3. The van der Waals surface area contributed by atoms with E-state index in [4.69, 9.17) is 10.5 Å². The molecule has 1 aromatic carbocycles. The third kappa shape index (κ3) is 3.16. The Balaban J connectivity index is 2.04. The van der Waals surface area contributed by atoms with Crippen LogP contribution in [-0.4, -0.2) is 6.10 Å². The summed E-state index contributed by atoms with van der Waals surface area (Å²) in [7, 11) is 0. The van der Waals surface area contributed by atoms with Crippen LogP contribution in [0.5, 0.6) is 5.75 Å². The minimum Gasteiger partial charge on any atom is -0.488 e. The second-order valence-electron chi connectivity index (χ2n) is 5.79. The van der Waals surface area contributed by atoms with E-state index in [1.165, 1.54) is 6.07 Å². The van der Waals surface area contributed by atoms with E-state index in [0.29, 0.717) is 21.3 Å². The average Bonchev–Trinajstić information content (AvgIpc) is 2.28. The van der Waals surface area contributed by atoms with Gasteiger partial charge >= 0.3 is 0 Å². The quantitative estimate of drug-likeness (QED) is 0.814. The Morgan fingerprint density at radius 1 is 1.33 bits per heavy atom. The highest BCUT2D eigenvalue weighted by atomic mass is 79.9. The van der Waals surface area contributed by atoms with Crippen LogP contribution in [0.1, 0.15) is 39.5 Å². The SMILES string of the molecule is CC1(C)CCC(Oc2cc(Br)c(F)cc2N)CC1. The Morgan fingerprint density at radius 2 is 1.94 bits per heavy atom. The van der Waals surface area contributed by atoms with Crippen LogP contribution in [0.15, 0.2) is 16.6 Å². The summed E-state index contributed by atoms with van der Waals surface area (Å²) < 4.78 is 19.5. The Morgan fingerprint density at radius 3 is 2.56 bits per heavy atom. The van der Waals surface area contributed by atoms with Crippen LogP contribution >= 0.6 is 15.9 Å². The minimum atomic E-state index is -0.357. The van der Waals surface area contributed by atoms with Gasteiger partial charge in [-0.15, -0.1) is 0 Å². The number of nitrogens with two attached hydrogens (primary N) is 1. The molecular formula is C14H19BrFNO. The van der Waals surface area contributed by atoms with Crippen molar-refractivity contribution in [3.63, 3.8) is 0 Å². The fourth-order valence-electron chi connectivity index (χ4n) is 2.32. The van der Waals surface area contributed by atoms with Gasteiger partial charge in [0.15, 0.2) is 0 Å². The van der Waals surface area contributed by atoms with Crippen LogP contribution in [0.25, 0.3) is 0 Å². The van der Waals surface area contributed by atoms with Crippen LogP contribution in [0.4, 0.5) is 10.1 Å². The number of benzene rings is 1. The van der Waals surface area contributed by atoms with Crippen LogP contribution in [0.2, 0.25) is 0 Å². The fourth-order valence-corrected chi connectivity index (χ4v) is 2.64. The lowest BCUT2D eigenvalue weighted by Crippen LogP contribution is -2.28. The number of hydrogen-bond acceptors (Lipinski definition) is 2. The molecule has 0 aliphatic heterocycles. The standard InChI is InChI=1S/C14H19BrFNO/c1-14(2)5-3-9(4-6-14)18-13-7-10(15)11(16)8-12(13)17/h7-9H,3-6,17H2,1-2H3. The molecule has 0 bridgehead atoms. The summed E-state index contributed by atoms with van der Waals surface area (Å²) in [6.45, 7) is 4.57. The lowest BCUT2D eigenvalue weighted by molar-refractivity contribution is 0.0993. The van der Waals surface area contributed by atoms with E-state index in [2.05, 4.69) is 29.8 Å². The van der Waals surface area contributed by atoms with Gasteiger partial charge in [-0.2, -0.15) is 0 Å². The van der Waals surface area contributed by atoms with Gasteiger partial charge in [0.25, 0.3) is 0 Å². The second-order valence-corrected chi connectivity index (χ2v) is 6.64. The summed E-state index contributed by atoms with van der Waals surface area (Å²) in [5.41, 5.74) is 6.55. The lowest BCUT2D eigenvalue weighted by Gasteiger charge is -2.34. The Labute approximate surface area is 116 Å². The van der Waals surface area contributed by atoms with E-state index in [9.17, 15) is 4.39 Å². The zero-order valence-corrected chi connectivity index (χ0v) is 12.4. The summed E-state index contributed by atoms with van der Waals surface area (Å²) in [5.74, 6) is 0.220. The van der Waals surface area contributed by atoms with E-state index in [1.807, 2.05) is 0 Å². The molecule has 1 aliphatic rings. The van der Waals surface area contributed by atoms with Crippen molar-refractivity contribution >= 4 is 21.6 Å². The van der Waals surface area contributed by atoms with Crippen LogP contribution in [0, 0.1) is 11.2 Å². The molecule has 0 amide bonds. The normalized spacial score (nSPS) is 19.8. The molecule has 18 heavy (non-hydrogen) atoms. The Hall–Kier alpha value is -0.770. The highest BCUT2D eigenvalue weighted by Crippen LogP contribution is 2.38.